The molecule has 0 unspecified atom stereocenters. The lowest BCUT2D eigenvalue weighted by molar-refractivity contribution is -0.130. The Labute approximate surface area is 208 Å². The summed E-state index contributed by atoms with van der Waals surface area (Å²) < 4.78 is 35.0. The average Bonchev–Trinajstić information content (AvgIpc) is 3.29. The lowest BCUT2D eigenvalue weighted by Gasteiger charge is -2.34. The number of nitrogens with zero attached hydrogens (tertiary/aromatic N) is 6. The number of rotatable bonds is 6. The number of carbonyl (C=O) groups is 1. The maximum atomic E-state index is 14.0. The van der Waals surface area contributed by atoms with Crippen molar-refractivity contribution in [1.82, 2.24) is 24.4 Å². The number of alkyl halides is 2. The lowest BCUT2D eigenvalue weighted by Crippen LogP contribution is -2.40. The Kier molecular flexibility index (Phi) is 6.99. The Morgan fingerprint density at radius 3 is 2.47 bits per heavy atom. The Bertz CT molecular complexity index is 1220. The molecular weight excluding hydrogens is 468 g/mol. The van der Waals surface area contributed by atoms with Gasteiger partial charge in [0, 0.05) is 45.2 Å². The second-order valence-corrected chi connectivity index (χ2v) is 9.38. The molecule has 11 heteroatoms. The quantitative estimate of drug-likeness (QED) is 0.552. The number of para-hydroxylation sites is 2. The van der Waals surface area contributed by atoms with E-state index < -0.39 is 6.43 Å². The summed E-state index contributed by atoms with van der Waals surface area (Å²) in [5.74, 6) is 1.13. The number of imidazole rings is 1. The first-order chi connectivity index (χ1) is 17.4. The molecule has 0 bridgehead atoms. The Hall–Kier alpha value is -3.34. The van der Waals surface area contributed by atoms with Crippen molar-refractivity contribution >= 4 is 28.7 Å². The van der Waals surface area contributed by atoms with Crippen LogP contribution in [0, 0.1) is 0 Å². The van der Waals surface area contributed by atoms with Crippen molar-refractivity contribution in [2.45, 2.75) is 51.1 Å². The zero-order chi connectivity index (χ0) is 25.2. The van der Waals surface area contributed by atoms with Gasteiger partial charge < -0.3 is 19.9 Å². The highest BCUT2D eigenvalue weighted by molar-refractivity contribution is 5.78. The lowest BCUT2D eigenvalue weighted by atomic mass is 9.90. The van der Waals surface area contributed by atoms with Crippen LogP contribution in [0.1, 0.15) is 44.9 Å². The van der Waals surface area contributed by atoms with Gasteiger partial charge in [0.15, 0.2) is 5.82 Å². The summed E-state index contributed by atoms with van der Waals surface area (Å²) in [6.45, 7) is 4.05. The third kappa shape index (κ3) is 4.97. The van der Waals surface area contributed by atoms with Gasteiger partial charge in [0.1, 0.15) is 11.6 Å². The highest BCUT2D eigenvalue weighted by Gasteiger charge is 2.27. The minimum absolute atomic E-state index is 0.0694. The molecule has 0 atom stereocenters. The molecule has 2 fully saturated rings. The summed E-state index contributed by atoms with van der Waals surface area (Å²) in [7, 11) is 1.85. The van der Waals surface area contributed by atoms with Gasteiger partial charge in [-0.05, 0) is 37.8 Å². The predicted molar refractivity (Wildman–Crippen MR) is 133 cm³/mol. The number of benzene rings is 1. The molecule has 0 spiro atoms. The van der Waals surface area contributed by atoms with Crippen molar-refractivity contribution in [2.75, 3.05) is 43.6 Å². The number of amides is 1. The second kappa shape index (κ2) is 10.3. The Morgan fingerprint density at radius 2 is 1.78 bits per heavy atom. The molecule has 5 rings (SSSR count). The van der Waals surface area contributed by atoms with Gasteiger partial charge in [-0.1, -0.05) is 12.1 Å². The maximum absolute atomic E-state index is 14.0. The molecule has 36 heavy (non-hydrogen) atoms. The van der Waals surface area contributed by atoms with E-state index in [1.54, 1.807) is 42.2 Å². The maximum Gasteiger partial charge on any atom is 0.296 e. The molecule has 1 saturated heterocycles. The largest absolute Gasteiger partial charge is 0.378 e. The molecule has 1 amide bonds. The van der Waals surface area contributed by atoms with Crippen LogP contribution < -0.4 is 10.2 Å². The third-order valence-electron chi connectivity index (χ3n) is 7.12. The summed E-state index contributed by atoms with van der Waals surface area (Å²) >= 11 is 0. The first-order valence-electron chi connectivity index (χ1n) is 12.4. The fraction of sp³-hybridized carbons (Fsp3) is 0.520. The van der Waals surface area contributed by atoms with Crippen molar-refractivity contribution in [2.24, 2.45) is 0 Å². The van der Waals surface area contributed by atoms with E-state index in [-0.39, 0.29) is 23.8 Å². The number of nitrogens with one attached hydrogen (secondary N) is 1. The standard InChI is InChI=1S/C25H31F2N7O2/c1-16(35)32(2)18-9-7-17(8-10-18)28-25-30-21(33-11-13-36-14-12-33)15-22(31-25)34-20-6-4-3-5-19(20)29-24(34)23(26)27/h3-6,15,17-18,23H,7-14H2,1-2H3,(H,28,30,31). The third-order valence-corrected chi connectivity index (χ3v) is 7.12. The summed E-state index contributed by atoms with van der Waals surface area (Å²) in [6, 6.07) is 9.17. The molecule has 0 radical (unpaired) electrons. The van der Waals surface area contributed by atoms with Crippen molar-refractivity contribution in [3.05, 3.63) is 36.2 Å². The fourth-order valence-corrected chi connectivity index (χ4v) is 5.03. The van der Waals surface area contributed by atoms with Crippen LogP contribution in [0.4, 0.5) is 20.5 Å². The molecule has 2 aromatic heterocycles. The monoisotopic (exact) mass is 499 g/mol. The van der Waals surface area contributed by atoms with Gasteiger partial charge in [0.05, 0.1) is 24.2 Å². The van der Waals surface area contributed by atoms with Crippen molar-refractivity contribution < 1.29 is 18.3 Å². The van der Waals surface area contributed by atoms with Gasteiger partial charge in [0.25, 0.3) is 6.43 Å². The van der Waals surface area contributed by atoms with Crippen molar-refractivity contribution in [3.63, 3.8) is 0 Å². The van der Waals surface area contributed by atoms with E-state index in [1.807, 2.05) is 7.05 Å². The molecule has 3 heterocycles. The van der Waals surface area contributed by atoms with Crippen LogP contribution in [0.15, 0.2) is 30.3 Å². The highest BCUT2D eigenvalue weighted by Crippen LogP contribution is 2.30. The van der Waals surface area contributed by atoms with Crippen LogP contribution in [0.3, 0.4) is 0 Å². The summed E-state index contributed by atoms with van der Waals surface area (Å²) in [5, 5.41) is 3.44. The van der Waals surface area contributed by atoms with Gasteiger partial charge in [-0.2, -0.15) is 9.97 Å². The molecule has 1 aliphatic heterocycles. The second-order valence-electron chi connectivity index (χ2n) is 9.38. The van der Waals surface area contributed by atoms with Gasteiger partial charge in [-0.25, -0.2) is 13.8 Å². The van der Waals surface area contributed by atoms with Crippen LogP contribution >= 0.6 is 0 Å². The van der Waals surface area contributed by atoms with E-state index in [2.05, 4.69) is 20.2 Å². The zero-order valence-electron chi connectivity index (χ0n) is 20.5. The minimum Gasteiger partial charge on any atom is -0.378 e. The number of hydrogen-bond acceptors (Lipinski definition) is 7. The van der Waals surface area contributed by atoms with Gasteiger partial charge in [-0.3, -0.25) is 9.36 Å². The van der Waals surface area contributed by atoms with Crippen LogP contribution in [0.5, 0.6) is 0 Å². The number of halogens is 2. The Morgan fingerprint density at radius 1 is 1.08 bits per heavy atom. The van der Waals surface area contributed by atoms with Crippen molar-refractivity contribution in [3.8, 4) is 5.82 Å². The van der Waals surface area contributed by atoms with Gasteiger partial charge in [0.2, 0.25) is 11.9 Å². The summed E-state index contributed by atoms with van der Waals surface area (Å²) in [6.07, 6.45) is 0.721. The number of morpholine rings is 1. The molecule has 1 aliphatic carbocycles. The predicted octanol–water partition coefficient (Wildman–Crippen LogP) is 3.79. The fourth-order valence-electron chi connectivity index (χ4n) is 5.03. The first-order valence-corrected chi connectivity index (χ1v) is 12.4. The average molecular weight is 500 g/mol. The summed E-state index contributed by atoms with van der Waals surface area (Å²) in [5.41, 5.74) is 1.06. The number of anilines is 2. The molecule has 1 saturated carbocycles. The number of aromatic nitrogens is 4. The molecule has 9 nitrogen and oxygen atoms in total. The van der Waals surface area contributed by atoms with E-state index in [9.17, 15) is 13.6 Å². The van der Waals surface area contributed by atoms with E-state index >= 15 is 0 Å². The number of hydrogen-bond donors (Lipinski definition) is 1. The van der Waals surface area contributed by atoms with Gasteiger partial charge in [-0.15, -0.1) is 0 Å². The normalized spacial score (nSPS) is 20.6. The van der Waals surface area contributed by atoms with E-state index in [0.717, 1.165) is 25.7 Å². The minimum atomic E-state index is -2.76. The number of carbonyl (C=O) groups excluding carboxylic acids is 1. The number of fused-ring (bicyclic) bond motifs is 1. The van der Waals surface area contributed by atoms with Crippen LogP contribution in [0.25, 0.3) is 16.9 Å². The topological polar surface area (TPSA) is 88.4 Å². The van der Waals surface area contributed by atoms with Crippen LogP contribution in [-0.2, 0) is 9.53 Å². The molecule has 3 aromatic rings. The highest BCUT2D eigenvalue weighted by atomic mass is 19.3. The first kappa shape index (κ1) is 24.4. The molecule has 192 valence electrons. The van der Waals surface area contributed by atoms with Crippen LogP contribution in [-0.4, -0.2) is 75.8 Å². The van der Waals surface area contributed by atoms with Gasteiger partial charge >= 0.3 is 0 Å². The smallest absolute Gasteiger partial charge is 0.296 e. The van der Waals surface area contributed by atoms with Crippen LogP contribution in [0.2, 0.25) is 0 Å². The molecule has 1 N–H and O–H groups in total. The SMILES string of the molecule is CC(=O)N(C)C1CCC(Nc2nc(N3CCOCC3)cc(-n3c(C(F)F)nc4ccccc43)n2)CC1. The zero-order valence-corrected chi connectivity index (χ0v) is 20.5. The van der Waals surface area contributed by atoms with E-state index in [0.29, 0.717) is 54.9 Å². The molecule has 2 aliphatic rings. The van der Waals surface area contributed by atoms with E-state index in [1.165, 1.54) is 4.57 Å². The molecular formula is C25H31F2N7O2. The molecule has 1 aromatic carbocycles. The van der Waals surface area contributed by atoms with E-state index in [4.69, 9.17) is 9.72 Å². The van der Waals surface area contributed by atoms with Crippen molar-refractivity contribution in [1.29, 1.82) is 0 Å². The summed E-state index contributed by atoms with van der Waals surface area (Å²) in [4.78, 5) is 29.3. The Balaban J connectivity index is 1.48. The number of ether oxygens (including phenoxy) is 1.